The number of fused-ring (bicyclic) bond motifs is 1. The number of aromatic nitrogens is 3. The first kappa shape index (κ1) is 14.6. The van der Waals surface area contributed by atoms with Gasteiger partial charge >= 0.3 is 0 Å². The summed E-state index contributed by atoms with van der Waals surface area (Å²) in [4.78, 5) is 16.6. The van der Waals surface area contributed by atoms with Gasteiger partial charge in [-0.15, -0.1) is 11.3 Å². The van der Waals surface area contributed by atoms with Crippen molar-refractivity contribution in [2.75, 3.05) is 6.79 Å². The van der Waals surface area contributed by atoms with Crippen LogP contribution >= 0.6 is 11.3 Å². The molecular formula is C17H13N3O3S. The van der Waals surface area contributed by atoms with E-state index in [1.54, 1.807) is 30.2 Å². The third-order valence-corrected chi connectivity index (χ3v) is 4.45. The summed E-state index contributed by atoms with van der Waals surface area (Å²) in [5.41, 5.74) is 2.26. The fourth-order valence-corrected chi connectivity index (χ4v) is 3.12. The summed E-state index contributed by atoms with van der Waals surface area (Å²) >= 11 is 1.51. The maximum atomic E-state index is 12.0. The van der Waals surface area contributed by atoms with E-state index < -0.39 is 0 Å². The van der Waals surface area contributed by atoms with Crippen molar-refractivity contribution in [3.05, 3.63) is 53.3 Å². The number of nitrogens with zero attached hydrogens (tertiary/aromatic N) is 3. The fraction of sp³-hybridized carbons (Fsp3) is 0.118. The smallest absolute Gasteiger partial charge is 0.231 e. The minimum atomic E-state index is -0.0965. The van der Waals surface area contributed by atoms with E-state index in [9.17, 15) is 4.79 Å². The molecule has 1 aromatic carbocycles. The third kappa shape index (κ3) is 2.81. The van der Waals surface area contributed by atoms with Gasteiger partial charge in [-0.2, -0.15) is 5.10 Å². The van der Waals surface area contributed by atoms with Gasteiger partial charge in [0.2, 0.25) is 6.79 Å². The highest BCUT2D eigenvalue weighted by Gasteiger charge is 2.15. The molecule has 24 heavy (non-hydrogen) atoms. The second-order valence-corrected chi connectivity index (χ2v) is 6.10. The molecule has 0 atom stereocenters. The summed E-state index contributed by atoms with van der Waals surface area (Å²) in [6.07, 6.45) is 6.45. The molecule has 0 aliphatic carbocycles. The van der Waals surface area contributed by atoms with Gasteiger partial charge in [-0.1, -0.05) is 0 Å². The zero-order valence-electron chi connectivity index (χ0n) is 12.8. The van der Waals surface area contributed by atoms with E-state index >= 15 is 0 Å². The maximum absolute atomic E-state index is 12.0. The van der Waals surface area contributed by atoms with Crippen LogP contribution in [0.2, 0.25) is 0 Å². The van der Waals surface area contributed by atoms with Crippen LogP contribution in [0.1, 0.15) is 16.1 Å². The zero-order chi connectivity index (χ0) is 16.5. The van der Waals surface area contributed by atoms with Gasteiger partial charge in [0.05, 0.1) is 17.5 Å². The molecule has 0 fully saturated rings. The quantitative estimate of drug-likeness (QED) is 0.539. The first-order valence-corrected chi connectivity index (χ1v) is 8.13. The largest absolute Gasteiger partial charge is 0.454 e. The molecule has 0 N–H and O–H groups in total. The Hall–Kier alpha value is -2.93. The van der Waals surface area contributed by atoms with Crippen molar-refractivity contribution in [2.45, 2.75) is 0 Å². The molecule has 3 aromatic rings. The van der Waals surface area contributed by atoms with Crippen LogP contribution in [-0.2, 0) is 7.05 Å². The molecule has 0 amide bonds. The van der Waals surface area contributed by atoms with E-state index in [1.807, 2.05) is 23.6 Å². The minimum absolute atomic E-state index is 0.0965. The van der Waals surface area contributed by atoms with Crippen molar-refractivity contribution in [1.82, 2.24) is 14.8 Å². The number of benzene rings is 1. The van der Waals surface area contributed by atoms with Crippen LogP contribution in [0.25, 0.3) is 16.6 Å². The number of carbonyl (C=O) groups is 1. The molecule has 0 bridgehead atoms. The number of hydrogen-bond donors (Lipinski definition) is 0. The SMILES string of the molecule is Cn1cc(C(=O)C=Cc2csc(-c3ccc4c(c3)OCO4)n2)cn1. The predicted octanol–water partition coefficient (Wildman–Crippen LogP) is 3.17. The highest BCUT2D eigenvalue weighted by Crippen LogP contribution is 2.36. The lowest BCUT2D eigenvalue weighted by Gasteiger charge is -1.98. The number of allylic oxidation sites excluding steroid dienone is 1. The van der Waals surface area contributed by atoms with E-state index in [1.165, 1.54) is 17.4 Å². The van der Waals surface area contributed by atoms with Crippen LogP contribution in [0.15, 0.2) is 42.0 Å². The Morgan fingerprint density at radius 3 is 3.04 bits per heavy atom. The lowest BCUT2D eigenvalue weighted by atomic mass is 10.2. The van der Waals surface area contributed by atoms with Crippen molar-refractivity contribution in [3.8, 4) is 22.1 Å². The second-order valence-electron chi connectivity index (χ2n) is 5.25. The van der Waals surface area contributed by atoms with Gasteiger partial charge in [0, 0.05) is 24.2 Å². The number of thiazole rings is 1. The molecule has 0 spiro atoms. The Kier molecular flexibility index (Phi) is 3.62. The average Bonchev–Trinajstić information content (AvgIpc) is 3.32. The van der Waals surface area contributed by atoms with Gasteiger partial charge < -0.3 is 9.47 Å². The summed E-state index contributed by atoms with van der Waals surface area (Å²) in [6.45, 7) is 0.251. The molecule has 0 radical (unpaired) electrons. The van der Waals surface area contributed by atoms with Crippen molar-refractivity contribution in [3.63, 3.8) is 0 Å². The molecule has 6 nitrogen and oxygen atoms in total. The van der Waals surface area contributed by atoms with E-state index in [-0.39, 0.29) is 12.6 Å². The van der Waals surface area contributed by atoms with Gasteiger partial charge in [-0.25, -0.2) is 4.98 Å². The van der Waals surface area contributed by atoms with Crippen molar-refractivity contribution in [2.24, 2.45) is 7.05 Å². The van der Waals surface area contributed by atoms with Gasteiger partial charge in [0.15, 0.2) is 17.3 Å². The summed E-state index contributed by atoms with van der Waals surface area (Å²) in [6, 6.07) is 5.73. The summed E-state index contributed by atoms with van der Waals surface area (Å²) in [5.74, 6) is 1.38. The molecule has 3 heterocycles. The molecule has 4 rings (SSSR count). The Morgan fingerprint density at radius 1 is 1.33 bits per heavy atom. The lowest BCUT2D eigenvalue weighted by molar-refractivity contribution is 0.104. The highest BCUT2D eigenvalue weighted by atomic mass is 32.1. The number of aryl methyl sites for hydroxylation is 1. The van der Waals surface area contributed by atoms with E-state index in [4.69, 9.17) is 9.47 Å². The van der Waals surface area contributed by atoms with Crippen LogP contribution in [-0.4, -0.2) is 27.3 Å². The molecule has 0 saturated carbocycles. The predicted molar refractivity (Wildman–Crippen MR) is 90.2 cm³/mol. The Balaban J connectivity index is 1.52. The number of ether oxygens (including phenoxy) is 2. The van der Waals surface area contributed by atoms with Crippen LogP contribution in [0.3, 0.4) is 0 Å². The first-order chi connectivity index (χ1) is 11.7. The monoisotopic (exact) mass is 339 g/mol. The van der Waals surface area contributed by atoms with E-state index in [0.717, 1.165) is 27.8 Å². The Morgan fingerprint density at radius 2 is 2.21 bits per heavy atom. The van der Waals surface area contributed by atoms with Crippen molar-refractivity contribution >= 4 is 23.2 Å². The number of hydrogen-bond acceptors (Lipinski definition) is 6. The van der Waals surface area contributed by atoms with Crippen LogP contribution in [0.5, 0.6) is 11.5 Å². The first-order valence-electron chi connectivity index (χ1n) is 7.26. The second kappa shape index (κ2) is 5.93. The molecule has 0 unspecified atom stereocenters. The molecule has 1 aliphatic heterocycles. The standard InChI is InChI=1S/C17H13N3O3S/c1-20-8-12(7-18-20)14(21)4-3-13-9-24-17(19-13)11-2-5-15-16(6-11)23-10-22-15/h2-9H,10H2,1H3. The van der Waals surface area contributed by atoms with Gasteiger partial charge in [-0.05, 0) is 30.4 Å². The summed E-state index contributed by atoms with van der Waals surface area (Å²) < 4.78 is 12.3. The van der Waals surface area contributed by atoms with Gasteiger partial charge in [0.25, 0.3) is 0 Å². The number of rotatable bonds is 4. The Bertz CT molecular complexity index is 942. The van der Waals surface area contributed by atoms with Crippen molar-refractivity contribution in [1.29, 1.82) is 0 Å². The molecule has 7 heteroatoms. The number of carbonyl (C=O) groups excluding carboxylic acids is 1. The van der Waals surface area contributed by atoms with Crippen LogP contribution in [0, 0.1) is 0 Å². The molecule has 0 saturated heterocycles. The molecular weight excluding hydrogens is 326 g/mol. The van der Waals surface area contributed by atoms with Gasteiger partial charge in [0.1, 0.15) is 5.01 Å². The molecule has 1 aliphatic rings. The van der Waals surface area contributed by atoms with Crippen molar-refractivity contribution < 1.29 is 14.3 Å². The fourth-order valence-electron chi connectivity index (χ4n) is 2.33. The highest BCUT2D eigenvalue weighted by molar-refractivity contribution is 7.13. The summed E-state index contributed by atoms with van der Waals surface area (Å²) in [5, 5.41) is 6.76. The van der Waals surface area contributed by atoms with E-state index in [0.29, 0.717) is 5.56 Å². The number of ketones is 1. The van der Waals surface area contributed by atoms with Gasteiger partial charge in [-0.3, -0.25) is 9.48 Å². The van der Waals surface area contributed by atoms with Crippen LogP contribution in [0.4, 0.5) is 0 Å². The lowest BCUT2D eigenvalue weighted by Crippen LogP contribution is -1.92. The molecule has 120 valence electrons. The van der Waals surface area contributed by atoms with Crippen LogP contribution < -0.4 is 9.47 Å². The van der Waals surface area contributed by atoms with E-state index in [2.05, 4.69) is 10.1 Å². The Labute approximate surface area is 142 Å². The molecule has 2 aromatic heterocycles. The minimum Gasteiger partial charge on any atom is -0.454 e. The maximum Gasteiger partial charge on any atom is 0.231 e. The third-order valence-electron chi connectivity index (χ3n) is 3.54. The normalized spacial score (nSPS) is 12.9. The topological polar surface area (TPSA) is 66.2 Å². The zero-order valence-corrected chi connectivity index (χ0v) is 13.6. The average molecular weight is 339 g/mol. The summed E-state index contributed by atoms with van der Waals surface area (Å²) in [7, 11) is 1.78.